The Bertz CT molecular complexity index is 953. The summed E-state index contributed by atoms with van der Waals surface area (Å²) in [6.45, 7) is 2.72. The van der Waals surface area contributed by atoms with Crippen LogP contribution in [0.2, 0.25) is 0 Å². The van der Waals surface area contributed by atoms with Gasteiger partial charge in [0.05, 0.1) is 5.57 Å². The number of H-pyrrole nitrogens is 1. The van der Waals surface area contributed by atoms with E-state index < -0.39 is 0 Å². The molecule has 0 aliphatic carbocycles. The van der Waals surface area contributed by atoms with Gasteiger partial charge in [0.25, 0.3) is 5.56 Å². The number of nitrogens with two attached hydrogens (primary N) is 1. The van der Waals surface area contributed by atoms with Gasteiger partial charge in [0.1, 0.15) is 15.9 Å². The first-order valence-corrected chi connectivity index (χ1v) is 8.28. The van der Waals surface area contributed by atoms with Gasteiger partial charge in [-0.1, -0.05) is 18.2 Å². The first-order valence-electron chi connectivity index (χ1n) is 7.46. The number of nitrogens with one attached hydrogen (secondary N) is 1. The molecule has 1 aliphatic heterocycles. The first-order chi connectivity index (χ1) is 11.9. The lowest BCUT2D eigenvalue weighted by molar-refractivity contribution is -0.119. The van der Waals surface area contributed by atoms with Crippen LogP contribution >= 0.6 is 11.8 Å². The van der Waals surface area contributed by atoms with E-state index in [-0.39, 0.29) is 28.5 Å². The first kappa shape index (κ1) is 16.8. The lowest BCUT2D eigenvalue weighted by Gasteiger charge is -2.19. The molecule has 0 amide bonds. The molecule has 8 heteroatoms. The summed E-state index contributed by atoms with van der Waals surface area (Å²) in [4.78, 5) is 37.3. The Balaban J connectivity index is 2.18. The molecule has 1 aliphatic rings. The number of thioether (sulfide) groups is 1. The molecule has 0 atom stereocenters. The number of hydrogen-bond acceptors (Lipinski definition) is 6. The second-order valence-corrected chi connectivity index (χ2v) is 6.46. The molecule has 2 heterocycles. The molecule has 7 nitrogen and oxygen atoms in total. The molecule has 3 N–H and O–H groups in total. The van der Waals surface area contributed by atoms with Gasteiger partial charge in [0.15, 0.2) is 11.6 Å². The van der Waals surface area contributed by atoms with Crippen molar-refractivity contribution < 1.29 is 9.59 Å². The summed E-state index contributed by atoms with van der Waals surface area (Å²) in [5.74, 6) is -0.399. The quantitative estimate of drug-likeness (QED) is 0.494. The Morgan fingerprint density at radius 3 is 2.28 bits per heavy atom. The highest BCUT2D eigenvalue weighted by atomic mass is 32.2. The molecule has 0 bridgehead atoms. The summed E-state index contributed by atoms with van der Waals surface area (Å²) in [6.07, 6.45) is 1.73. The van der Waals surface area contributed by atoms with E-state index in [0.29, 0.717) is 10.1 Å². The molecule has 1 aromatic heterocycles. The Labute approximate surface area is 147 Å². The van der Waals surface area contributed by atoms with Crippen molar-refractivity contribution in [2.24, 2.45) is 0 Å². The molecular weight excluding hydrogens is 340 g/mol. The summed E-state index contributed by atoms with van der Waals surface area (Å²) < 4.78 is 1.42. The molecule has 0 spiro atoms. The highest BCUT2D eigenvalue weighted by Gasteiger charge is 2.29. The fourth-order valence-electron chi connectivity index (χ4n) is 2.54. The highest BCUT2D eigenvalue weighted by Crippen LogP contribution is 2.43. The SMILES string of the molecule is CC(=O)C(C(C)=O)=C1SC(n2[nH]c(=O)cc2N)=CN1c1ccccc1. The van der Waals surface area contributed by atoms with Crippen molar-refractivity contribution in [1.29, 1.82) is 0 Å². The number of nitrogens with zero attached hydrogens (tertiary/aromatic N) is 2. The van der Waals surface area contributed by atoms with E-state index in [0.717, 1.165) is 5.69 Å². The molecule has 0 radical (unpaired) electrons. The zero-order valence-electron chi connectivity index (χ0n) is 13.6. The zero-order valence-corrected chi connectivity index (χ0v) is 14.5. The van der Waals surface area contributed by atoms with E-state index in [1.54, 1.807) is 11.1 Å². The van der Waals surface area contributed by atoms with Crippen LogP contribution in [0.1, 0.15) is 13.8 Å². The molecule has 0 saturated carbocycles. The fraction of sp³-hybridized carbons (Fsp3) is 0.118. The zero-order chi connectivity index (χ0) is 18.1. The number of aromatic amines is 1. The number of carbonyl (C=O) groups excluding carboxylic acids is 2. The van der Waals surface area contributed by atoms with Crippen molar-refractivity contribution in [3.63, 3.8) is 0 Å². The lowest BCUT2D eigenvalue weighted by atomic mass is 10.1. The predicted octanol–water partition coefficient (Wildman–Crippen LogP) is 2.16. The van der Waals surface area contributed by atoms with E-state index in [1.165, 1.54) is 36.4 Å². The van der Waals surface area contributed by atoms with Crippen LogP contribution in [0.3, 0.4) is 0 Å². The van der Waals surface area contributed by atoms with Crippen molar-refractivity contribution in [2.75, 3.05) is 10.6 Å². The van der Waals surface area contributed by atoms with Gasteiger partial charge < -0.3 is 10.6 Å². The van der Waals surface area contributed by atoms with Crippen LogP contribution in [0.15, 0.2) is 58.0 Å². The van der Waals surface area contributed by atoms with Crippen molar-refractivity contribution in [1.82, 2.24) is 9.78 Å². The number of nitrogen functional groups attached to an aromatic ring is 1. The van der Waals surface area contributed by atoms with Gasteiger partial charge in [-0.05, 0) is 37.7 Å². The molecule has 2 aromatic rings. The van der Waals surface area contributed by atoms with Crippen molar-refractivity contribution in [3.8, 4) is 0 Å². The van der Waals surface area contributed by atoms with E-state index in [1.807, 2.05) is 30.3 Å². The molecule has 1 aromatic carbocycles. The predicted molar refractivity (Wildman–Crippen MR) is 98.6 cm³/mol. The number of Topliss-reactive ketones (excluding diaryl/α,β-unsaturated/α-hetero) is 2. The molecule has 25 heavy (non-hydrogen) atoms. The number of aromatic nitrogens is 2. The minimum Gasteiger partial charge on any atom is -0.384 e. The maximum Gasteiger partial charge on any atom is 0.266 e. The van der Waals surface area contributed by atoms with Gasteiger partial charge >= 0.3 is 0 Å². The number of carbonyl (C=O) groups is 2. The average Bonchev–Trinajstić information content (AvgIpc) is 3.11. The highest BCUT2D eigenvalue weighted by molar-refractivity contribution is 8.11. The van der Waals surface area contributed by atoms with Gasteiger partial charge in [-0.15, -0.1) is 0 Å². The molecule has 128 valence electrons. The summed E-state index contributed by atoms with van der Waals surface area (Å²) in [6, 6.07) is 10.6. The van der Waals surface area contributed by atoms with Gasteiger partial charge in [-0.3, -0.25) is 19.5 Å². The van der Waals surface area contributed by atoms with Crippen LogP contribution in [0, 0.1) is 0 Å². The summed E-state index contributed by atoms with van der Waals surface area (Å²) in [7, 11) is 0. The van der Waals surface area contributed by atoms with Crippen molar-refractivity contribution in [3.05, 3.63) is 63.6 Å². The summed E-state index contributed by atoms with van der Waals surface area (Å²) in [5, 5.41) is 3.67. The number of ketones is 2. The van der Waals surface area contributed by atoms with Crippen LogP contribution in [-0.2, 0) is 9.59 Å². The minimum atomic E-state index is -0.332. The van der Waals surface area contributed by atoms with Gasteiger partial charge in [-0.25, -0.2) is 4.68 Å². The third kappa shape index (κ3) is 3.16. The van der Waals surface area contributed by atoms with Crippen LogP contribution in [-0.4, -0.2) is 21.3 Å². The molecule has 0 saturated heterocycles. The summed E-state index contributed by atoms with van der Waals surface area (Å²) >= 11 is 1.20. The second kappa shape index (κ2) is 6.48. The number of hydrogen-bond donors (Lipinski definition) is 2. The lowest BCUT2D eigenvalue weighted by Crippen LogP contribution is -2.18. The maximum atomic E-state index is 12.0. The van der Waals surface area contributed by atoms with E-state index in [2.05, 4.69) is 5.10 Å². The molecule has 0 fully saturated rings. The number of allylic oxidation sites excluding steroid dienone is 1. The fourth-order valence-corrected chi connectivity index (χ4v) is 3.78. The largest absolute Gasteiger partial charge is 0.384 e. The number of rotatable bonds is 4. The normalized spacial score (nSPS) is 13.8. The topological polar surface area (TPSA) is 101 Å². The smallest absolute Gasteiger partial charge is 0.266 e. The molecule has 0 unspecified atom stereocenters. The Hall–Kier alpha value is -3.00. The monoisotopic (exact) mass is 356 g/mol. The van der Waals surface area contributed by atoms with Crippen molar-refractivity contribution in [2.45, 2.75) is 13.8 Å². The standard InChI is InChI=1S/C17H16N4O3S/c1-10(22)16(11(2)23)17-20(12-6-4-3-5-7-12)9-15(25-17)21-13(18)8-14(24)19-21/h3-9H,18H2,1-2H3,(H,19,24). The minimum absolute atomic E-state index is 0.105. The number of para-hydroxylation sites is 1. The number of anilines is 2. The Morgan fingerprint density at radius 2 is 1.76 bits per heavy atom. The van der Waals surface area contributed by atoms with Gasteiger partial charge in [0, 0.05) is 18.0 Å². The van der Waals surface area contributed by atoms with E-state index >= 15 is 0 Å². The Morgan fingerprint density at radius 1 is 1.12 bits per heavy atom. The maximum absolute atomic E-state index is 12.0. The Kier molecular flexibility index (Phi) is 4.37. The number of benzene rings is 1. The van der Waals surface area contributed by atoms with Gasteiger partial charge in [0.2, 0.25) is 0 Å². The van der Waals surface area contributed by atoms with Gasteiger partial charge in [-0.2, -0.15) is 0 Å². The van der Waals surface area contributed by atoms with Crippen LogP contribution in [0.5, 0.6) is 0 Å². The van der Waals surface area contributed by atoms with Crippen LogP contribution in [0.4, 0.5) is 11.5 Å². The van der Waals surface area contributed by atoms with Crippen molar-refractivity contribution >= 4 is 39.9 Å². The van der Waals surface area contributed by atoms with Crippen LogP contribution < -0.4 is 16.2 Å². The van der Waals surface area contributed by atoms with E-state index in [9.17, 15) is 14.4 Å². The molecule has 3 rings (SSSR count). The molecular formula is C17H16N4O3S. The van der Waals surface area contributed by atoms with Crippen LogP contribution in [0.25, 0.3) is 5.03 Å². The summed E-state index contributed by atoms with van der Waals surface area (Å²) in [5.41, 5.74) is 6.41. The third-order valence-electron chi connectivity index (χ3n) is 3.59. The second-order valence-electron chi connectivity index (χ2n) is 5.45. The third-order valence-corrected chi connectivity index (χ3v) is 4.68. The van der Waals surface area contributed by atoms with E-state index in [4.69, 9.17) is 5.73 Å². The average molecular weight is 356 g/mol.